The molecular weight excluding hydrogens is 696 g/mol. The van der Waals surface area contributed by atoms with Gasteiger partial charge >= 0.3 is 246 Å². The molecule has 1 aliphatic carbocycles. The molecule has 1 aliphatic rings. The van der Waals surface area contributed by atoms with Gasteiger partial charge in [0.05, 0.1) is 0 Å². The van der Waals surface area contributed by atoms with Gasteiger partial charge in [-0.1, -0.05) is 44.2 Å². The molecule has 0 amide bonds. The summed E-state index contributed by atoms with van der Waals surface area (Å²) in [5.41, 5.74) is 12.1. The van der Waals surface area contributed by atoms with Crippen LogP contribution in [0, 0.1) is 0 Å². The summed E-state index contributed by atoms with van der Waals surface area (Å²) in [5, 5.41) is 5.40. The molecule has 0 saturated heterocycles. The first-order valence-electron chi connectivity index (χ1n) is 17.9. The zero-order chi connectivity index (χ0) is 34.8. The van der Waals surface area contributed by atoms with Gasteiger partial charge in [-0.25, -0.2) is 0 Å². The van der Waals surface area contributed by atoms with Crippen molar-refractivity contribution in [1.29, 1.82) is 0 Å². The van der Waals surface area contributed by atoms with E-state index in [2.05, 4.69) is 206 Å². The van der Waals surface area contributed by atoms with Crippen molar-refractivity contribution in [2.24, 2.45) is 0 Å². The molecule has 0 spiro atoms. The summed E-state index contributed by atoms with van der Waals surface area (Å²) in [6.07, 6.45) is 0. The Kier molecular flexibility index (Phi) is 7.21. The molecule has 3 heteroatoms. The molecule has 1 heterocycles. The molecule has 0 fully saturated rings. The Hall–Kier alpha value is -5.86. The van der Waals surface area contributed by atoms with Gasteiger partial charge in [0, 0.05) is 5.41 Å². The van der Waals surface area contributed by atoms with E-state index in [-0.39, 0.29) is 19.9 Å². The molecule has 9 aromatic rings. The molecule has 248 valence electrons. The fraction of sp³-hybridized carbons (Fsp3) is 0.0612. The summed E-state index contributed by atoms with van der Waals surface area (Å²) in [6.45, 7) is 4.71. The number of anilines is 6. The normalized spacial score (nSPS) is 13.0. The first-order chi connectivity index (χ1) is 25.5. The van der Waals surface area contributed by atoms with Crippen LogP contribution in [0.2, 0.25) is 0 Å². The first-order valence-corrected chi connectivity index (χ1v) is 19.6. The third-order valence-corrected chi connectivity index (χ3v) is 13.4. The van der Waals surface area contributed by atoms with E-state index in [1.54, 1.807) is 0 Å². The fourth-order valence-electron chi connectivity index (χ4n) is 8.28. The van der Waals surface area contributed by atoms with Crippen molar-refractivity contribution in [1.82, 2.24) is 0 Å². The topological polar surface area (TPSA) is 6.48 Å². The maximum atomic E-state index is 2.41. The van der Waals surface area contributed by atoms with Gasteiger partial charge in [0.25, 0.3) is 0 Å². The van der Waals surface area contributed by atoms with Crippen LogP contribution < -0.4 is 9.80 Å². The predicted octanol–water partition coefficient (Wildman–Crippen LogP) is 13.4. The zero-order valence-corrected chi connectivity index (χ0v) is 30.8. The molecule has 0 atom stereocenters. The van der Waals surface area contributed by atoms with Crippen molar-refractivity contribution in [3.05, 3.63) is 193 Å². The summed E-state index contributed by atoms with van der Waals surface area (Å²) in [5.74, 6) is 0. The van der Waals surface area contributed by atoms with Crippen LogP contribution in [0.1, 0.15) is 25.0 Å². The first kappa shape index (κ1) is 30.9. The van der Waals surface area contributed by atoms with Crippen molar-refractivity contribution in [2.45, 2.75) is 19.3 Å². The minimum absolute atomic E-state index is 0.0881. The van der Waals surface area contributed by atoms with Crippen LogP contribution in [0.15, 0.2) is 182 Å². The van der Waals surface area contributed by atoms with E-state index in [0.29, 0.717) is 0 Å². The van der Waals surface area contributed by atoms with Crippen LogP contribution in [-0.4, -0.2) is 14.5 Å². The van der Waals surface area contributed by atoms with Crippen LogP contribution in [-0.2, 0) is 5.41 Å². The average molecular weight is 732 g/mol. The number of hydrogen-bond acceptors (Lipinski definition) is 2. The zero-order valence-electron chi connectivity index (χ0n) is 29.1. The van der Waals surface area contributed by atoms with Gasteiger partial charge in [0.2, 0.25) is 0 Å². The molecule has 1 aromatic heterocycles. The third-order valence-electron chi connectivity index (χ3n) is 10.8. The number of benzene rings is 8. The van der Waals surface area contributed by atoms with Crippen LogP contribution in [0.25, 0.3) is 41.2 Å². The standard InChI is InChI=1S/C49H36N2Se/c1-49(2)45-22-11-9-20-40(45)41-29-27-39(32-46(41)49)51(35-16-7-4-8-17-35)37-19-13-18-36(30-37)50(34-14-5-3-6-15-34)38-26-24-33-25-28-43-42-21-10-12-23-47(42)52-48(43)44(33)31-38/h3-32H,1-2H3. The quantitative estimate of drug-likeness (QED) is 0.157. The number of fused-ring (bicyclic) bond motifs is 8. The summed E-state index contributed by atoms with van der Waals surface area (Å²) in [6, 6.07) is 66.9. The van der Waals surface area contributed by atoms with Gasteiger partial charge in [0.1, 0.15) is 0 Å². The van der Waals surface area contributed by atoms with Crippen LogP contribution in [0.5, 0.6) is 0 Å². The van der Waals surface area contributed by atoms with E-state index in [1.807, 2.05) is 0 Å². The molecule has 0 N–H and O–H groups in total. The Morgan fingerprint density at radius 3 is 1.69 bits per heavy atom. The second-order valence-corrected chi connectivity index (χ2v) is 16.4. The molecular formula is C49H36N2Se. The molecule has 2 nitrogen and oxygen atoms in total. The van der Waals surface area contributed by atoms with Gasteiger partial charge in [-0.05, 0) is 16.7 Å². The molecule has 0 bridgehead atoms. The molecule has 0 saturated carbocycles. The SMILES string of the molecule is CC1(C)c2ccccc2-c2ccc(N(c3ccccc3)c3cccc(N(c4ccccc4)c4ccc5ccc6c7ccccc7[se]c6c5c4)c3)cc21. The van der Waals surface area contributed by atoms with Gasteiger partial charge in [-0.15, -0.1) is 0 Å². The van der Waals surface area contributed by atoms with Crippen LogP contribution in [0.3, 0.4) is 0 Å². The predicted molar refractivity (Wildman–Crippen MR) is 223 cm³/mol. The Labute approximate surface area is 310 Å². The second-order valence-electron chi connectivity index (χ2n) is 14.2. The van der Waals surface area contributed by atoms with Gasteiger partial charge in [0.15, 0.2) is 0 Å². The van der Waals surface area contributed by atoms with E-state index in [4.69, 9.17) is 0 Å². The molecule has 0 unspecified atom stereocenters. The summed E-state index contributed by atoms with van der Waals surface area (Å²) in [7, 11) is 0. The van der Waals surface area contributed by atoms with Gasteiger partial charge in [-0.3, -0.25) is 0 Å². The molecule has 8 aromatic carbocycles. The molecule has 52 heavy (non-hydrogen) atoms. The second kappa shape index (κ2) is 12.1. The van der Waals surface area contributed by atoms with E-state index in [9.17, 15) is 0 Å². The van der Waals surface area contributed by atoms with Crippen molar-refractivity contribution < 1.29 is 0 Å². The maximum absolute atomic E-state index is 2.41. The number of hydrogen-bond donors (Lipinski definition) is 0. The summed E-state index contributed by atoms with van der Waals surface area (Å²) >= 11 is 0.267. The Morgan fingerprint density at radius 2 is 0.942 bits per heavy atom. The van der Waals surface area contributed by atoms with Crippen LogP contribution >= 0.6 is 0 Å². The fourth-order valence-corrected chi connectivity index (χ4v) is 10.9. The Morgan fingerprint density at radius 1 is 0.385 bits per heavy atom. The van der Waals surface area contributed by atoms with Crippen molar-refractivity contribution in [3.63, 3.8) is 0 Å². The molecule has 0 radical (unpaired) electrons. The molecule has 10 rings (SSSR count). The van der Waals surface area contributed by atoms with Gasteiger partial charge in [-0.2, -0.15) is 0 Å². The van der Waals surface area contributed by atoms with E-state index >= 15 is 0 Å². The number of nitrogens with zero attached hydrogens (tertiary/aromatic N) is 2. The van der Waals surface area contributed by atoms with Crippen molar-refractivity contribution >= 4 is 78.7 Å². The monoisotopic (exact) mass is 732 g/mol. The van der Waals surface area contributed by atoms with E-state index in [1.165, 1.54) is 52.3 Å². The summed E-state index contributed by atoms with van der Waals surface area (Å²) in [4.78, 5) is 4.81. The number of para-hydroxylation sites is 2. The Balaban J connectivity index is 1.14. The van der Waals surface area contributed by atoms with Gasteiger partial charge < -0.3 is 0 Å². The number of rotatable bonds is 6. The van der Waals surface area contributed by atoms with E-state index < -0.39 is 0 Å². The molecule has 0 aliphatic heterocycles. The minimum atomic E-state index is -0.0881. The van der Waals surface area contributed by atoms with Crippen molar-refractivity contribution in [2.75, 3.05) is 9.80 Å². The summed E-state index contributed by atoms with van der Waals surface area (Å²) < 4.78 is 2.95. The third kappa shape index (κ3) is 4.93. The van der Waals surface area contributed by atoms with Crippen molar-refractivity contribution in [3.8, 4) is 11.1 Å². The Bertz CT molecular complexity index is 2780. The average Bonchev–Trinajstić information content (AvgIpc) is 3.69. The van der Waals surface area contributed by atoms with Crippen LogP contribution in [0.4, 0.5) is 34.1 Å². The van der Waals surface area contributed by atoms with E-state index in [0.717, 1.165) is 34.1 Å².